The third kappa shape index (κ3) is 2.71. The van der Waals surface area contributed by atoms with Gasteiger partial charge < -0.3 is 5.73 Å². The Kier molecular flexibility index (Phi) is 4.13. The van der Waals surface area contributed by atoms with Gasteiger partial charge in [0.1, 0.15) is 4.88 Å². The highest BCUT2D eigenvalue weighted by atomic mass is 35.5. The topological polar surface area (TPSA) is 46.3 Å². The summed E-state index contributed by atoms with van der Waals surface area (Å²) in [5, 5.41) is 2.47. The second-order valence-electron chi connectivity index (χ2n) is 3.66. The van der Waals surface area contributed by atoms with Crippen LogP contribution in [0, 0.1) is 0 Å². The first-order valence-electron chi connectivity index (χ1n) is 5.04. The van der Waals surface area contributed by atoms with E-state index in [9.17, 15) is 4.79 Å². The number of thioether (sulfide) groups is 1. The van der Waals surface area contributed by atoms with Crippen LogP contribution in [0.25, 0.3) is 0 Å². The summed E-state index contributed by atoms with van der Waals surface area (Å²) >= 11 is 9.43. The van der Waals surface area contributed by atoms with Gasteiger partial charge in [0.15, 0.2) is 0 Å². The first-order chi connectivity index (χ1) is 7.68. The van der Waals surface area contributed by atoms with E-state index in [4.69, 9.17) is 17.3 Å². The third-order valence-corrected chi connectivity index (χ3v) is 5.05. The number of halogens is 1. The molecular formula is C10H13ClN2OS2. The Morgan fingerprint density at radius 1 is 1.50 bits per heavy atom. The summed E-state index contributed by atoms with van der Waals surface area (Å²) in [7, 11) is 0. The van der Waals surface area contributed by atoms with Crippen molar-refractivity contribution in [1.82, 2.24) is 4.90 Å². The van der Waals surface area contributed by atoms with Crippen molar-refractivity contribution in [3.63, 3.8) is 0 Å². The van der Waals surface area contributed by atoms with E-state index in [0.29, 0.717) is 9.90 Å². The van der Waals surface area contributed by atoms with E-state index in [-0.39, 0.29) is 0 Å². The number of hydrogen-bond acceptors (Lipinski definition) is 4. The second kappa shape index (κ2) is 5.40. The lowest BCUT2D eigenvalue weighted by Crippen LogP contribution is -2.31. The SMILES string of the molecule is NC(=O)c1scc(CN2CCSCC2)c1Cl. The first kappa shape index (κ1) is 12.2. The summed E-state index contributed by atoms with van der Waals surface area (Å²) in [6, 6.07) is 0. The molecule has 1 aliphatic heterocycles. The molecule has 16 heavy (non-hydrogen) atoms. The number of rotatable bonds is 3. The van der Waals surface area contributed by atoms with Crippen molar-refractivity contribution in [3.05, 3.63) is 20.8 Å². The van der Waals surface area contributed by atoms with Gasteiger partial charge in [-0.25, -0.2) is 0 Å². The zero-order valence-electron chi connectivity index (χ0n) is 8.74. The quantitative estimate of drug-likeness (QED) is 0.919. The number of nitrogens with zero attached hydrogens (tertiary/aromatic N) is 1. The van der Waals surface area contributed by atoms with E-state index < -0.39 is 5.91 Å². The summed E-state index contributed by atoms with van der Waals surface area (Å²) in [6.45, 7) is 2.99. The lowest BCUT2D eigenvalue weighted by Gasteiger charge is -2.25. The largest absolute Gasteiger partial charge is 0.365 e. The lowest BCUT2D eigenvalue weighted by molar-refractivity contribution is 0.100. The maximum atomic E-state index is 11.1. The summed E-state index contributed by atoms with van der Waals surface area (Å²) in [6.07, 6.45) is 0. The number of primary amides is 1. The van der Waals surface area contributed by atoms with Crippen molar-refractivity contribution >= 4 is 40.6 Å². The highest BCUT2D eigenvalue weighted by molar-refractivity contribution is 7.99. The smallest absolute Gasteiger partial charge is 0.260 e. The number of nitrogens with two attached hydrogens (primary N) is 1. The Hall–Kier alpha value is -0.230. The molecule has 0 atom stereocenters. The molecule has 0 unspecified atom stereocenters. The van der Waals surface area contributed by atoms with Gasteiger partial charge >= 0.3 is 0 Å². The van der Waals surface area contributed by atoms with E-state index in [1.165, 1.54) is 22.8 Å². The zero-order chi connectivity index (χ0) is 11.5. The molecule has 3 nitrogen and oxygen atoms in total. The van der Waals surface area contributed by atoms with Crippen molar-refractivity contribution in [1.29, 1.82) is 0 Å². The van der Waals surface area contributed by atoms with E-state index in [2.05, 4.69) is 4.90 Å². The molecular weight excluding hydrogens is 264 g/mol. The Balaban J connectivity index is 2.06. The molecule has 1 saturated heterocycles. The van der Waals surface area contributed by atoms with Gasteiger partial charge in [0.05, 0.1) is 5.02 Å². The minimum atomic E-state index is -0.435. The lowest BCUT2D eigenvalue weighted by atomic mass is 10.2. The predicted molar refractivity (Wildman–Crippen MR) is 70.4 cm³/mol. The Bertz CT molecular complexity index is 388. The maximum absolute atomic E-state index is 11.1. The van der Waals surface area contributed by atoms with Gasteiger partial charge in [-0.1, -0.05) is 11.6 Å². The van der Waals surface area contributed by atoms with Crippen molar-refractivity contribution in [2.24, 2.45) is 5.73 Å². The van der Waals surface area contributed by atoms with Gasteiger partial charge in [0.25, 0.3) is 5.91 Å². The summed E-state index contributed by atoms with van der Waals surface area (Å²) in [4.78, 5) is 13.9. The van der Waals surface area contributed by atoms with E-state index >= 15 is 0 Å². The fraction of sp³-hybridized carbons (Fsp3) is 0.500. The molecule has 0 saturated carbocycles. The molecule has 1 fully saturated rings. The van der Waals surface area contributed by atoms with E-state index in [1.807, 2.05) is 17.1 Å². The van der Waals surface area contributed by atoms with Gasteiger partial charge in [0.2, 0.25) is 0 Å². The van der Waals surface area contributed by atoms with Crippen LogP contribution in [-0.2, 0) is 6.54 Å². The Morgan fingerprint density at radius 3 is 2.75 bits per heavy atom. The third-order valence-electron chi connectivity index (χ3n) is 2.52. The van der Waals surface area contributed by atoms with Crippen LogP contribution in [-0.4, -0.2) is 35.4 Å². The summed E-state index contributed by atoms with van der Waals surface area (Å²) < 4.78 is 0. The summed E-state index contributed by atoms with van der Waals surface area (Å²) in [5.74, 6) is 1.91. The Morgan fingerprint density at radius 2 is 2.19 bits per heavy atom. The van der Waals surface area contributed by atoms with E-state index in [1.54, 1.807) is 0 Å². The molecule has 0 radical (unpaired) electrons. The highest BCUT2D eigenvalue weighted by Crippen LogP contribution is 2.29. The number of amides is 1. The zero-order valence-corrected chi connectivity index (χ0v) is 11.1. The van der Waals surface area contributed by atoms with Crippen LogP contribution in [0.5, 0.6) is 0 Å². The molecule has 0 bridgehead atoms. The second-order valence-corrected chi connectivity index (χ2v) is 6.14. The molecule has 0 aromatic carbocycles. The molecule has 1 aromatic rings. The van der Waals surface area contributed by atoms with Crippen molar-refractivity contribution in [2.45, 2.75) is 6.54 Å². The van der Waals surface area contributed by atoms with E-state index in [0.717, 1.165) is 25.2 Å². The summed E-state index contributed by atoms with van der Waals surface area (Å²) in [5.41, 5.74) is 6.25. The molecule has 0 spiro atoms. The van der Waals surface area contributed by atoms with Gasteiger partial charge in [0, 0.05) is 31.1 Å². The van der Waals surface area contributed by atoms with Gasteiger partial charge in [-0.3, -0.25) is 9.69 Å². The average Bonchev–Trinajstić information content (AvgIpc) is 2.62. The van der Waals surface area contributed by atoms with Crippen LogP contribution >= 0.6 is 34.7 Å². The molecule has 0 aliphatic carbocycles. The minimum absolute atomic E-state index is 0.435. The number of hydrogen-bond donors (Lipinski definition) is 1. The standard InChI is InChI=1S/C10H13ClN2OS2/c11-8-7(6-16-9(8)10(12)14)5-13-1-3-15-4-2-13/h6H,1-5H2,(H2,12,14). The van der Waals surface area contributed by atoms with Crippen LogP contribution < -0.4 is 5.73 Å². The highest BCUT2D eigenvalue weighted by Gasteiger charge is 2.17. The normalized spacial score (nSPS) is 17.6. The van der Waals surface area contributed by atoms with Gasteiger partial charge in [-0.05, 0) is 10.9 Å². The number of carbonyl (C=O) groups is 1. The van der Waals surface area contributed by atoms with Crippen molar-refractivity contribution in [3.8, 4) is 0 Å². The molecule has 2 rings (SSSR count). The minimum Gasteiger partial charge on any atom is -0.365 e. The molecule has 1 amide bonds. The van der Waals surface area contributed by atoms with Crippen molar-refractivity contribution < 1.29 is 4.79 Å². The van der Waals surface area contributed by atoms with Crippen LogP contribution in [0.4, 0.5) is 0 Å². The van der Waals surface area contributed by atoms with Crippen LogP contribution in [0.15, 0.2) is 5.38 Å². The number of thiophene rings is 1. The monoisotopic (exact) mass is 276 g/mol. The maximum Gasteiger partial charge on any atom is 0.260 e. The molecule has 2 N–H and O–H groups in total. The average molecular weight is 277 g/mol. The van der Waals surface area contributed by atoms with Crippen LogP contribution in [0.2, 0.25) is 5.02 Å². The molecule has 2 heterocycles. The van der Waals surface area contributed by atoms with Crippen LogP contribution in [0.1, 0.15) is 15.2 Å². The predicted octanol–water partition coefficient (Wildman–Crippen LogP) is 2.05. The van der Waals surface area contributed by atoms with Gasteiger partial charge in [-0.15, -0.1) is 11.3 Å². The van der Waals surface area contributed by atoms with Crippen molar-refractivity contribution in [2.75, 3.05) is 24.6 Å². The number of carbonyl (C=O) groups excluding carboxylic acids is 1. The Labute approximate surface area is 108 Å². The molecule has 1 aromatic heterocycles. The van der Waals surface area contributed by atoms with Gasteiger partial charge in [-0.2, -0.15) is 11.8 Å². The first-order valence-corrected chi connectivity index (χ1v) is 7.45. The fourth-order valence-corrected chi connectivity index (χ4v) is 3.84. The molecule has 6 heteroatoms. The fourth-order valence-electron chi connectivity index (χ4n) is 1.65. The van der Waals surface area contributed by atoms with Crippen LogP contribution in [0.3, 0.4) is 0 Å². The molecule has 88 valence electrons. The molecule has 1 aliphatic rings.